The number of aliphatic hydroxyl groups excluding tert-OH is 7. The van der Waals surface area contributed by atoms with Crippen molar-refractivity contribution in [1.82, 2.24) is 0 Å². The third-order valence-corrected chi connectivity index (χ3v) is 6.70. The zero-order chi connectivity index (χ0) is 23.3. The van der Waals surface area contributed by atoms with Crippen LogP contribution in [-0.2, 0) is 19.0 Å². The van der Waals surface area contributed by atoms with Gasteiger partial charge in [0.05, 0.1) is 13.2 Å². The molecule has 2 heterocycles. The van der Waals surface area contributed by atoms with Gasteiger partial charge in [-0.25, -0.2) is 0 Å². The second-order valence-electron chi connectivity index (χ2n) is 8.10. The zero-order valence-electron chi connectivity index (χ0n) is 17.6. The Morgan fingerprint density at radius 1 is 0.903 bits per heavy atom. The van der Waals surface area contributed by atoms with Crippen LogP contribution in [0, 0.1) is 5.92 Å². The molecule has 0 bridgehead atoms. The minimum Gasteiger partial charge on any atom is -0.394 e. The van der Waals surface area contributed by atoms with Crippen LogP contribution in [0.1, 0.15) is 26.7 Å². The lowest BCUT2D eigenvalue weighted by Crippen LogP contribution is -2.64. The fraction of sp³-hybridized carbons (Fsp3) is 0.947. The molecule has 0 aromatic heterocycles. The Balaban J connectivity index is 1.96. The second kappa shape index (κ2) is 12.2. The van der Waals surface area contributed by atoms with Gasteiger partial charge < -0.3 is 50.0 Å². The van der Waals surface area contributed by atoms with E-state index in [1.54, 1.807) is 0 Å². The third-order valence-electron chi connectivity index (χ3n) is 5.45. The van der Waals surface area contributed by atoms with Crippen LogP contribution >= 0.6 is 11.8 Å². The van der Waals surface area contributed by atoms with E-state index >= 15 is 0 Å². The lowest BCUT2D eigenvalue weighted by atomic mass is 9.97. The van der Waals surface area contributed by atoms with E-state index in [2.05, 4.69) is 0 Å². The Labute approximate surface area is 184 Å². The van der Waals surface area contributed by atoms with E-state index in [0.717, 1.165) is 0 Å². The van der Waals surface area contributed by atoms with E-state index in [9.17, 15) is 40.5 Å². The predicted molar refractivity (Wildman–Crippen MR) is 108 cm³/mol. The van der Waals surface area contributed by atoms with Gasteiger partial charge in [0.2, 0.25) is 0 Å². The van der Waals surface area contributed by atoms with Crippen molar-refractivity contribution in [2.45, 2.75) is 87.2 Å². The Kier molecular flexibility index (Phi) is 10.6. The Hall–Kier alpha value is -0.380. The molecule has 0 aromatic carbocycles. The maximum absolute atomic E-state index is 11.7. The van der Waals surface area contributed by atoms with E-state index in [-0.39, 0.29) is 11.7 Å². The normalized spacial score (nSPS) is 41.5. The van der Waals surface area contributed by atoms with Gasteiger partial charge in [-0.1, -0.05) is 13.8 Å². The third kappa shape index (κ3) is 6.58. The van der Waals surface area contributed by atoms with Crippen molar-refractivity contribution in [2.75, 3.05) is 19.0 Å². The number of aliphatic hydroxyl groups is 7. The summed E-state index contributed by atoms with van der Waals surface area (Å²) in [5.74, 6) is 0.568. The molecule has 0 aliphatic carbocycles. The first-order valence-corrected chi connectivity index (χ1v) is 11.4. The monoisotopic (exact) mass is 470 g/mol. The smallest absolute Gasteiger partial charge is 0.187 e. The Morgan fingerprint density at radius 3 is 2.13 bits per heavy atom. The van der Waals surface area contributed by atoms with Crippen molar-refractivity contribution in [2.24, 2.45) is 5.92 Å². The number of Topliss-reactive ketones (excluding diaryl/α,β-unsaturated/α-hetero) is 1. The number of hydrogen-bond donors (Lipinski definition) is 7. The van der Waals surface area contributed by atoms with E-state index in [1.165, 1.54) is 11.8 Å². The fourth-order valence-corrected chi connectivity index (χ4v) is 4.55. The van der Waals surface area contributed by atoms with Crippen molar-refractivity contribution in [3.8, 4) is 0 Å². The fourth-order valence-electron chi connectivity index (χ4n) is 3.43. The van der Waals surface area contributed by atoms with E-state index in [1.807, 2.05) is 13.8 Å². The molecule has 0 aromatic rings. The molecule has 2 fully saturated rings. The number of carbonyl (C=O) groups is 1. The van der Waals surface area contributed by atoms with Gasteiger partial charge >= 0.3 is 0 Å². The van der Waals surface area contributed by atoms with E-state index in [4.69, 9.17) is 14.2 Å². The highest BCUT2D eigenvalue weighted by molar-refractivity contribution is 7.99. The number of carbonyl (C=O) groups excluding carboxylic acids is 1. The van der Waals surface area contributed by atoms with Gasteiger partial charge in [0.15, 0.2) is 6.29 Å². The largest absolute Gasteiger partial charge is 0.394 e. The van der Waals surface area contributed by atoms with Crippen LogP contribution in [0.4, 0.5) is 0 Å². The molecule has 182 valence electrons. The molecule has 11 nitrogen and oxygen atoms in total. The minimum absolute atomic E-state index is 0.0533. The molecule has 2 saturated heterocycles. The van der Waals surface area contributed by atoms with Crippen molar-refractivity contribution in [3.05, 3.63) is 0 Å². The molecule has 12 heteroatoms. The number of ether oxygens (including phenoxy) is 3. The van der Waals surface area contributed by atoms with Crippen LogP contribution in [0.15, 0.2) is 0 Å². The first kappa shape index (κ1) is 26.9. The number of rotatable bonds is 10. The first-order valence-electron chi connectivity index (χ1n) is 10.3. The van der Waals surface area contributed by atoms with Gasteiger partial charge in [-0.3, -0.25) is 4.79 Å². The van der Waals surface area contributed by atoms with Crippen LogP contribution in [0.25, 0.3) is 0 Å². The molecule has 0 spiro atoms. The summed E-state index contributed by atoms with van der Waals surface area (Å²) in [5.41, 5.74) is -0.879. The summed E-state index contributed by atoms with van der Waals surface area (Å²) in [6.45, 7) is 2.41. The summed E-state index contributed by atoms with van der Waals surface area (Å²) in [5, 5.41) is 69.8. The second-order valence-corrected chi connectivity index (χ2v) is 9.31. The molecule has 2 rings (SSSR count). The molecule has 10 unspecified atom stereocenters. The maximum atomic E-state index is 11.7. The van der Waals surface area contributed by atoms with E-state index < -0.39 is 73.8 Å². The molecule has 0 amide bonds. The SMILES string of the molecule is CC(C)C(=O)CCCSC1OC(CO)C(OC2OC(CO)C(O)C(O)C2O)C(O)C1O. The van der Waals surface area contributed by atoms with Gasteiger partial charge in [0.25, 0.3) is 0 Å². The van der Waals surface area contributed by atoms with Crippen LogP contribution in [0.3, 0.4) is 0 Å². The van der Waals surface area contributed by atoms with Crippen molar-refractivity contribution in [1.29, 1.82) is 0 Å². The maximum Gasteiger partial charge on any atom is 0.187 e. The van der Waals surface area contributed by atoms with Gasteiger partial charge in [-0.15, -0.1) is 11.8 Å². The molecule has 7 N–H and O–H groups in total. The first-order chi connectivity index (χ1) is 14.6. The quantitative estimate of drug-likeness (QED) is 0.165. The van der Waals surface area contributed by atoms with Crippen LogP contribution < -0.4 is 0 Å². The number of hydrogen-bond acceptors (Lipinski definition) is 12. The Morgan fingerprint density at radius 2 is 1.55 bits per heavy atom. The molecule has 0 saturated carbocycles. The standard InChI is InChI=1S/C19H34O11S/c1-8(2)9(22)4-3-5-31-19-16(27)14(25)17(11(7-21)29-19)30-18-15(26)13(24)12(23)10(6-20)28-18/h8,10-21,23-27H,3-7H2,1-2H3. The summed E-state index contributed by atoms with van der Waals surface area (Å²) >= 11 is 1.20. The van der Waals surface area contributed by atoms with Crippen LogP contribution in [-0.4, -0.2) is 121 Å². The van der Waals surface area contributed by atoms with Gasteiger partial charge in [0, 0.05) is 12.3 Å². The highest BCUT2D eigenvalue weighted by atomic mass is 32.2. The van der Waals surface area contributed by atoms with Crippen molar-refractivity contribution in [3.63, 3.8) is 0 Å². The molecular weight excluding hydrogens is 436 g/mol. The summed E-state index contributed by atoms with van der Waals surface area (Å²) in [6, 6.07) is 0. The minimum atomic E-state index is -1.70. The topological polar surface area (TPSA) is 186 Å². The van der Waals surface area contributed by atoms with E-state index in [0.29, 0.717) is 18.6 Å². The molecule has 2 aliphatic heterocycles. The zero-order valence-corrected chi connectivity index (χ0v) is 18.4. The Bertz CT molecular complexity index is 561. The summed E-state index contributed by atoms with van der Waals surface area (Å²) in [4.78, 5) is 11.7. The van der Waals surface area contributed by atoms with Crippen LogP contribution in [0.5, 0.6) is 0 Å². The van der Waals surface area contributed by atoms with Gasteiger partial charge in [0.1, 0.15) is 60.1 Å². The summed E-state index contributed by atoms with van der Waals surface area (Å²) < 4.78 is 16.4. The lowest BCUT2D eigenvalue weighted by Gasteiger charge is -2.46. The summed E-state index contributed by atoms with van der Waals surface area (Å²) in [6.07, 6.45) is -12.1. The van der Waals surface area contributed by atoms with Gasteiger partial charge in [-0.05, 0) is 12.2 Å². The average Bonchev–Trinajstić information content (AvgIpc) is 2.75. The van der Waals surface area contributed by atoms with Crippen molar-refractivity contribution >= 4 is 17.5 Å². The average molecular weight is 471 g/mol. The van der Waals surface area contributed by atoms with Gasteiger partial charge in [-0.2, -0.15) is 0 Å². The lowest BCUT2D eigenvalue weighted by molar-refractivity contribution is -0.338. The number of thioether (sulfide) groups is 1. The summed E-state index contributed by atoms with van der Waals surface area (Å²) in [7, 11) is 0. The predicted octanol–water partition coefficient (Wildman–Crippen LogP) is -2.65. The van der Waals surface area contributed by atoms with Crippen molar-refractivity contribution < 1.29 is 54.8 Å². The molecule has 2 aliphatic rings. The highest BCUT2D eigenvalue weighted by Crippen LogP contribution is 2.33. The molecule has 0 radical (unpaired) electrons. The number of ketones is 1. The molecule has 31 heavy (non-hydrogen) atoms. The highest BCUT2D eigenvalue weighted by Gasteiger charge is 2.50. The molecule has 10 atom stereocenters. The molecular formula is C19H34O11S. The van der Waals surface area contributed by atoms with Crippen LogP contribution in [0.2, 0.25) is 0 Å².